The third kappa shape index (κ3) is 6.23. The van der Waals surface area contributed by atoms with Gasteiger partial charge in [-0.15, -0.1) is 0 Å². The van der Waals surface area contributed by atoms with Crippen molar-refractivity contribution in [3.63, 3.8) is 0 Å². The average molecular weight is 329 g/mol. The number of carboxylic acids is 2. The second kappa shape index (κ2) is 9.09. The first-order chi connectivity index (χ1) is 10.8. The molecule has 130 valence electrons. The summed E-state index contributed by atoms with van der Waals surface area (Å²) in [7, 11) is 0. The minimum absolute atomic E-state index is 0.0498. The molecule has 2 amide bonds. The molecule has 0 bridgehead atoms. The Bertz CT molecular complexity index is 447. The Labute approximate surface area is 133 Å². The van der Waals surface area contributed by atoms with Crippen LogP contribution in [0.15, 0.2) is 0 Å². The third-order valence-corrected chi connectivity index (χ3v) is 3.78. The van der Waals surface area contributed by atoms with Crippen LogP contribution in [-0.2, 0) is 19.2 Å². The molecule has 0 radical (unpaired) electrons. The second-order valence-corrected chi connectivity index (χ2v) is 5.53. The molecule has 23 heavy (non-hydrogen) atoms. The van der Waals surface area contributed by atoms with Gasteiger partial charge in [0.05, 0.1) is 18.9 Å². The van der Waals surface area contributed by atoms with Gasteiger partial charge in [-0.3, -0.25) is 19.2 Å². The Hall–Kier alpha value is -2.16. The first-order valence-electron chi connectivity index (χ1n) is 7.59. The smallest absolute Gasteiger partial charge is 0.303 e. The number of carboxylic acid groups (broad SMARTS) is 2. The summed E-state index contributed by atoms with van der Waals surface area (Å²) < 4.78 is 0. The predicted octanol–water partition coefficient (Wildman–Crippen LogP) is -0.849. The lowest BCUT2D eigenvalue weighted by atomic mass is 10.1. The number of primary amides is 1. The van der Waals surface area contributed by atoms with E-state index in [0.29, 0.717) is 13.0 Å². The topological polar surface area (TPSA) is 150 Å². The van der Waals surface area contributed by atoms with Crippen LogP contribution < -0.4 is 11.1 Å². The van der Waals surface area contributed by atoms with Crippen LogP contribution >= 0.6 is 0 Å². The molecule has 5 N–H and O–H groups in total. The summed E-state index contributed by atoms with van der Waals surface area (Å²) in [4.78, 5) is 44.1. The van der Waals surface area contributed by atoms with Crippen LogP contribution in [0.25, 0.3) is 0 Å². The highest BCUT2D eigenvalue weighted by Crippen LogP contribution is 2.20. The summed E-state index contributed by atoms with van der Waals surface area (Å²) in [5.74, 6) is -2.48. The van der Waals surface area contributed by atoms with Gasteiger partial charge < -0.3 is 26.2 Å². The maximum absolute atomic E-state index is 12.0. The van der Waals surface area contributed by atoms with E-state index in [2.05, 4.69) is 5.32 Å². The molecule has 0 aliphatic carbocycles. The highest BCUT2D eigenvalue weighted by molar-refractivity contribution is 5.89. The van der Waals surface area contributed by atoms with Gasteiger partial charge in [-0.2, -0.15) is 0 Å². The molecule has 2 fully saturated rings. The average Bonchev–Trinajstić information content (AvgIpc) is 3.16. The molecule has 2 aliphatic rings. The lowest BCUT2D eigenvalue weighted by molar-refractivity contribution is -0.143. The minimum atomic E-state index is -1.08. The van der Waals surface area contributed by atoms with Crippen LogP contribution in [0.3, 0.4) is 0 Å². The highest BCUT2D eigenvalue weighted by atomic mass is 16.4. The quantitative estimate of drug-likeness (QED) is 0.513. The first kappa shape index (κ1) is 18.9. The van der Waals surface area contributed by atoms with Crippen molar-refractivity contribution in [3.05, 3.63) is 0 Å². The zero-order valence-electron chi connectivity index (χ0n) is 12.9. The third-order valence-electron chi connectivity index (χ3n) is 3.78. The maximum atomic E-state index is 12.0. The van der Waals surface area contributed by atoms with Gasteiger partial charge in [0.1, 0.15) is 6.04 Å². The van der Waals surface area contributed by atoms with Gasteiger partial charge in [-0.1, -0.05) is 0 Å². The number of nitrogens with zero attached hydrogens (tertiary/aromatic N) is 1. The van der Waals surface area contributed by atoms with E-state index in [-0.39, 0.29) is 36.7 Å². The van der Waals surface area contributed by atoms with Gasteiger partial charge in [0.2, 0.25) is 11.8 Å². The molecule has 9 nitrogen and oxygen atoms in total. The number of likely N-dealkylation sites (tertiary alicyclic amines) is 1. The number of carbonyl (C=O) groups is 4. The van der Waals surface area contributed by atoms with E-state index in [0.717, 1.165) is 25.8 Å². The van der Waals surface area contributed by atoms with E-state index in [4.69, 9.17) is 15.9 Å². The highest BCUT2D eigenvalue weighted by Gasteiger charge is 2.36. The Morgan fingerprint density at radius 1 is 1.04 bits per heavy atom. The van der Waals surface area contributed by atoms with Crippen molar-refractivity contribution in [2.24, 2.45) is 5.73 Å². The normalized spacial score (nSPS) is 23.0. The molecule has 2 atom stereocenters. The fraction of sp³-hybridized carbons (Fsp3) is 0.714. The van der Waals surface area contributed by atoms with Gasteiger partial charge in [-0.25, -0.2) is 0 Å². The molecule has 2 heterocycles. The van der Waals surface area contributed by atoms with Gasteiger partial charge in [0.15, 0.2) is 0 Å². The number of nitrogens with two attached hydrogens (primary N) is 1. The van der Waals surface area contributed by atoms with Crippen LogP contribution in [0.5, 0.6) is 0 Å². The van der Waals surface area contributed by atoms with Gasteiger partial charge in [0, 0.05) is 6.54 Å². The summed E-state index contributed by atoms with van der Waals surface area (Å²) in [5.41, 5.74) is 5.27. The molecular weight excluding hydrogens is 306 g/mol. The number of carbonyl (C=O) groups excluding carboxylic acids is 2. The van der Waals surface area contributed by atoms with Crippen molar-refractivity contribution in [2.45, 2.75) is 50.6 Å². The van der Waals surface area contributed by atoms with Crippen LogP contribution in [-0.4, -0.2) is 64.0 Å². The summed E-state index contributed by atoms with van der Waals surface area (Å²) in [6.07, 6.45) is 2.91. The minimum Gasteiger partial charge on any atom is -0.481 e. The molecule has 2 rings (SSSR count). The Morgan fingerprint density at radius 3 is 2.09 bits per heavy atom. The Kier molecular flexibility index (Phi) is 7.46. The monoisotopic (exact) mass is 329 g/mol. The SMILES string of the molecule is NC(=O)C1CCCN1C(=O)[C@@H]1CCCN1.O=C(O)CCC(=O)O. The van der Waals surface area contributed by atoms with E-state index in [1.165, 1.54) is 0 Å². The van der Waals surface area contributed by atoms with Crippen molar-refractivity contribution in [3.8, 4) is 0 Å². The van der Waals surface area contributed by atoms with Crippen LogP contribution in [0, 0.1) is 0 Å². The maximum Gasteiger partial charge on any atom is 0.303 e. The number of hydrogen-bond donors (Lipinski definition) is 4. The summed E-state index contributed by atoms with van der Waals surface area (Å²) >= 11 is 0. The molecule has 2 saturated heterocycles. The van der Waals surface area contributed by atoms with Crippen molar-refractivity contribution < 1.29 is 29.4 Å². The molecule has 0 aromatic heterocycles. The molecule has 1 unspecified atom stereocenters. The van der Waals surface area contributed by atoms with Gasteiger partial charge in [-0.05, 0) is 32.2 Å². The van der Waals surface area contributed by atoms with E-state index in [1.54, 1.807) is 4.90 Å². The summed E-state index contributed by atoms with van der Waals surface area (Å²) in [6, 6.07) is -0.468. The van der Waals surface area contributed by atoms with E-state index >= 15 is 0 Å². The fourth-order valence-electron chi connectivity index (χ4n) is 2.64. The number of aliphatic carboxylic acids is 2. The van der Waals surface area contributed by atoms with Crippen LogP contribution in [0.1, 0.15) is 38.5 Å². The van der Waals surface area contributed by atoms with Gasteiger partial charge >= 0.3 is 11.9 Å². The number of amides is 2. The van der Waals surface area contributed by atoms with Crippen molar-refractivity contribution in [1.82, 2.24) is 10.2 Å². The number of hydrogen-bond acceptors (Lipinski definition) is 5. The molecule has 2 aliphatic heterocycles. The Morgan fingerprint density at radius 2 is 1.65 bits per heavy atom. The molecule has 0 aromatic rings. The predicted molar refractivity (Wildman–Crippen MR) is 79.5 cm³/mol. The summed E-state index contributed by atoms with van der Waals surface area (Å²) in [5, 5.41) is 18.9. The van der Waals surface area contributed by atoms with Gasteiger partial charge in [0.25, 0.3) is 0 Å². The Balaban J connectivity index is 0.000000284. The molecule has 9 heteroatoms. The fourth-order valence-corrected chi connectivity index (χ4v) is 2.64. The number of rotatable bonds is 5. The van der Waals surface area contributed by atoms with Crippen LogP contribution in [0.4, 0.5) is 0 Å². The molecular formula is C14H23N3O6. The molecule has 0 spiro atoms. The van der Waals surface area contributed by atoms with Crippen molar-refractivity contribution >= 4 is 23.8 Å². The summed E-state index contributed by atoms with van der Waals surface area (Å²) in [6.45, 7) is 1.57. The lowest BCUT2D eigenvalue weighted by Gasteiger charge is -2.25. The van der Waals surface area contributed by atoms with E-state index < -0.39 is 11.9 Å². The van der Waals surface area contributed by atoms with E-state index in [1.807, 2.05) is 0 Å². The first-order valence-corrected chi connectivity index (χ1v) is 7.59. The lowest BCUT2D eigenvalue weighted by Crippen LogP contribution is -2.49. The second-order valence-electron chi connectivity index (χ2n) is 5.53. The standard InChI is InChI=1S/C10H17N3O2.C4H6O4/c11-9(14)8-4-2-6-13(8)10(15)7-3-1-5-12-7;5-3(6)1-2-4(7)8/h7-8,12H,1-6H2,(H2,11,14);1-2H2,(H,5,6)(H,7,8)/t7-,8?;/m0./s1. The molecule has 0 saturated carbocycles. The zero-order valence-corrected chi connectivity index (χ0v) is 12.9. The van der Waals surface area contributed by atoms with E-state index in [9.17, 15) is 19.2 Å². The largest absolute Gasteiger partial charge is 0.481 e. The van der Waals surface area contributed by atoms with Crippen LogP contribution in [0.2, 0.25) is 0 Å². The zero-order chi connectivity index (χ0) is 17.4. The van der Waals surface area contributed by atoms with Crippen molar-refractivity contribution in [2.75, 3.05) is 13.1 Å². The number of nitrogens with one attached hydrogen (secondary N) is 1. The molecule has 0 aromatic carbocycles. The van der Waals surface area contributed by atoms with Crippen molar-refractivity contribution in [1.29, 1.82) is 0 Å².